The molecule has 0 spiro atoms. The lowest BCUT2D eigenvalue weighted by Gasteiger charge is -2.13. The van der Waals surface area contributed by atoms with Gasteiger partial charge in [-0.3, -0.25) is 9.78 Å². The highest BCUT2D eigenvalue weighted by atomic mass is 19.1. The fraction of sp³-hybridized carbons (Fsp3) is 0.217. The van der Waals surface area contributed by atoms with Crippen LogP contribution in [0, 0.1) is 5.82 Å². The minimum Gasteiger partial charge on any atom is -0.493 e. The van der Waals surface area contributed by atoms with Crippen molar-refractivity contribution in [2.75, 3.05) is 19.0 Å². The van der Waals surface area contributed by atoms with Crippen molar-refractivity contribution in [1.82, 2.24) is 4.98 Å². The van der Waals surface area contributed by atoms with Gasteiger partial charge in [0, 0.05) is 36.6 Å². The summed E-state index contributed by atoms with van der Waals surface area (Å²) in [6, 6.07) is 14.9. The molecule has 0 saturated heterocycles. The van der Waals surface area contributed by atoms with Crippen molar-refractivity contribution in [3.8, 4) is 17.2 Å². The van der Waals surface area contributed by atoms with Crippen LogP contribution in [0.3, 0.4) is 0 Å². The van der Waals surface area contributed by atoms with Crippen LogP contribution < -0.4 is 19.5 Å². The molecule has 0 fully saturated rings. The lowest BCUT2D eigenvalue weighted by Crippen LogP contribution is -2.13. The highest BCUT2D eigenvalue weighted by molar-refractivity contribution is 5.91. The van der Waals surface area contributed by atoms with Gasteiger partial charge in [0.25, 0.3) is 0 Å². The number of anilines is 1. The van der Waals surface area contributed by atoms with E-state index in [9.17, 15) is 9.18 Å². The Bertz CT molecular complexity index is 966. The Morgan fingerprint density at radius 2 is 1.87 bits per heavy atom. The van der Waals surface area contributed by atoms with E-state index in [1.807, 2.05) is 12.1 Å². The van der Waals surface area contributed by atoms with Crippen LogP contribution in [0.1, 0.15) is 18.4 Å². The first-order valence-corrected chi connectivity index (χ1v) is 9.52. The predicted octanol–water partition coefficient (Wildman–Crippen LogP) is 4.61. The smallest absolute Gasteiger partial charge is 0.224 e. The molecule has 1 heterocycles. The van der Waals surface area contributed by atoms with Crippen molar-refractivity contribution >= 4 is 11.6 Å². The summed E-state index contributed by atoms with van der Waals surface area (Å²) in [5.74, 6) is 1.04. The molecule has 6 nitrogen and oxygen atoms in total. The maximum absolute atomic E-state index is 13.1. The number of nitrogens with zero attached hydrogens (tertiary/aromatic N) is 1. The normalized spacial score (nSPS) is 10.3. The van der Waals surface area contributed by atoms with Gasteiger partial charge in [-0.15, -0.1) is 0 Å². The monoisotopic (exact) mass is 410 g/mol. The molecule has 1 N–H and O–H groups in total. The molecule has 156 valence electrons. The lowest BCUT2D eigenvalue weighted by atomic mass is 10.2. The van der Waals surface area contributed by atoms with Gasteiger partial charge < -0.3 is 19.5 Å². The third-order valence-electron chi connectivity index (χ3n) is 4.20. The standard InChI is InChI=1S/C23H23FN2O4/c1-28-21-8-7-19(15-22(21)30-16-17-9-11-25-12-10-17)26-23(27)6-3-13-29-20-5-2-4-18(24)14-20/h2,4-5,7-12,14-15H,3,6,13,16H2,1H3,(H,26,27). The lowest BCUT2D eigenvalue weighted by molar-refractivity contribution is -0.116. The van der Waals surface area contributed by atoms with Gasteiger partial charge in [-0.1, -0.05) is 6.07 Å². The Morgan fingerprint density at radius 3 is 2.63 bits per heavy atom. The van der Waals surface area contributed by atoms with E-state index in [-0.39, 0.29) is 18.1 Å². The highest BCUT2D eigenvalue weighted by Crippen LogP contribution is 2.31. The van der Waals surface area contributed by atoms with E-state index < -0.39 is 0 Å². The number of halogens is 1. The molecule has 2 aromatic carbocycles. The average Bonchev–Trinajstić information content (AvgIpc) is 2.76. The van der Waals surface area contributed by atoms with Gasteiger partial charge in [0.2, 0.25) is 5.91 Å². The van der Waals surface area contributed by atoms with Gasteiger partial charge in [-0.05, 0) is 48.4 Å². The Morgan fingerprint density at radius 1 is 1.03 bits per heavy atom. The number of hydrogen-bond acceptors (Lipinski definition) is 5. The number of carbonyl (C=O) groups excluding carboxylic acids is 1. The summed E-state index contributed by atoms with van der Waals surface area (Å²) in [6.45, 7) is 0.674. The second kappa shape index (κ2) is 10.8. The molecule has 0 unspecified atom stereocenters. The number of ether oxygens (including phenoxy) is 3. The van der Waals surface area contributed by atoms with Crippen LogP contribution in [0.15, 0.2) is 67.0 Å². The van der Waals surface area contributed by atoms with Crippen molar-refractivity contribution in [2.24, 2.45) is 0 Å². The van der Waals surface area contributed by atoms with Crippen LogP contribution in [0.2, 0.25) is 0 Å². The van der Waals surface area contributed by atoms with E-state index in [0.29, 0.717) is 42.6 Å². The average molecular weight is 410 g/mol. The third kappa shape index (κ3) is 6.48. The minimum absolute atomic E-state index is 0.150. The number of amides is 1. The maximum Gasteiger partial charge on any atom is 0.224 e. The molecule has 0 atom stereocenters. The van der Waals surface area contributed by atoms with Gasteiger partial charge in [0.15, 0.2) is 11.5 Å². The first kappa shape index (κ1) is 21.1. The van der Waals surface area contributed by atoms with Crippen molar-refractivity contribution in [1.29, 1.82) is 0 Å². The molecule has 7 heteroatoms. The zero-order valence-corrected chi connectivity index (χ0v) is 16.6. The first-order valence-electron chi connectivity index (χ1n) is 9.52. The SMILES string of the molecule is COc1ccc(NC(=O)CCCOc2cccc(F)c2)cc1OCc1ccncc1. The second-order valence-corrected chi connectivity index (χ2v) is 6.47. The Labute approximate surface area is 174 Å². The summed E-state index contributed by atoms with van der Waals surface area (Å²) in [5.41, 5.74) is 1.58. The molecule has 3 aromatic rings. The quantitative estimate of drug-likeness (QED) is 0.495. The number of benzene rings is 2. The van der Waals surface area contributed by atoms with Gasteiger partial charge in [-0.2, -0.15) is 0 Å². The number of methoxy groups -OCH3 is 1. The molecule has 1 amide bonds. The van der Waals surface area contributed by atoms with E-state index in [0.717, 1.165) is 5.56 Å². The largest absolute Gasteiger partial charge is 0.493 e. The van der Waals surface area contributed by atoms with E-state index in [4.69, 9.17) is 14.2 Å². The van der Waals surface area contributed by atoms with Crippen molar-refractivity contribution in [3.05, 3.63) is 78.4 Å². The fourth-order valence-corrected chi connectivity index (χ4v) is 2.71. The molecular formula is C23H23FN2O4. The Hall–Kier alpha value is -3.61. The second-order valence-electron chi connectivity index (χ2n) is 6.47. The van der Waals surface area contributed by atoms with Crippen LogP contribution in [0.5, 0.6) is 17.2 Å². The summed E-state index contributed by atoms with van der Waals surface area (Å²) in [4.78, 5) is 16.2. The number of carbonyl (C=O) groups is 1. The summed E-state index contributed by atoms with van der Waals surface area (Å²) in [6.07, 6.45) is 4.17. The molecule has 0 aliphatic heterocycles. The molecule has 0 aliphatic rings. The predicted molar refractivity (Wildman–Crippen MR) is 111 cm³/mol. The van der Waals surface area contributed by atoms with Crippen LogP contribution in [0.25, 0.3) is 0 Å². The van der Waals surface area contributed by atoms with Gasteiger partial charge in [0.05, 0.1) is 13.7 Å². The van der Waals surface area contributed by atoms with E-state index >= 15 is 0 Å². The number of nitrogens with one attached hydrogen (secondary N) is 1. The number of hydrogen-bond donors (Lipinski definition) is 1. The minimum atomic E-state index is -0.355. The van der Waals surface area contributed by atoms with Crippen molar-refractivity contribution in [2.45, 2.75) is 19.4 Å². The summed E-state index contributed by atoms with van der Waals surface area (Å²) >= 11 is 0. The van der Waals surface area contributed by atoms with Crippen LogP contribution in [-0.2, 0) is 11.4 Å². The number of rotatable bonds is 10. The maximum atomic E-state index is 13.1. The molecule has 3 rings (SSSR count). The zero-order valence-electron chi connectivity index (χ0n) is 16.6. The Kier molecular flexibility index (Phi) is 7.60. The number of aromatic nitrogens is 1. The van der Waals surface area contributed by atoms with E-state index in [2.05, 4.69) is 10.3 Å². The number of pyridine rings is 1. The van der Waals surface area contributed by atoms with E-state index in [1.165, 1.54) is 12.1 Å². The van der Waals surface area contributed by atoms with Gasteiger partial charge in [-0.25, -0.2) is 4.39 Å². The highest BCUT2D eigenvalue weighted by Gasteiger charge is 2.09. The molecular weight excluding hydrogens is 387 g/mol. The molecule has 30 heavy (non-hydrogen) atoms. The van der Waals surface area contributed by atoms with Gasteiger partial charge >= 0.3 is 0 Å². The first-order chi connectivity index (χ1) is 14.6. The zero-order chi connectivity index (χ0) is 21.2. The molecule has 0 radical (unpaired) electrons. The summed E-state index contributed by atoms with van der Waals surface area (Å²) in [7, 11) is 1.56. The molecule has 0 aliphatic carbocycles. The molecule has 0 saturated carbocycles. The van der Waals surface area contributed by atoms with E-state index in [1.54, 1.807) is 49.8 Å². The summed E-state index contributed by atoms with van der Waals surface area (Å²) in [5, 5.41) is 2.84. The molecule has 0 bridgehead atoms. The molecule has 1 aromatic heterocycles. The van der Waals surface area contributed by atoms with Gasteiger partial charge in [0.1, 0.15) is 18.2 Å². The topological polar surface area (TPSA) is 69.7 Å². The van der Waals surface area contributed by atoms with Crippen molar-refractivity contribution < 1.29 is 23.4 Å². The summed E-state index contributed by atoms with van der Waals surface area (Å²) < 4.78 is 29.7. The Balaban J connectivity index is 1.49. The fourth-order valence-electron chi connectivity index (χ4n) is 2.71. The third-order valence-corrected chi connectivity index (χ3v) is 4.20. The van der Waals surface area contributed by atoms with Crippen LogP contribution in [0.4, 0.5) is 10.1 Å². The van der Waals surface area contributed by atoms with Crippen molar-refractivity contribution in [3.63, 3.8) is 0 Å². The van der Waals surface area contributed by atoms with Crippen LogP contribution in [-0.4, -0.2) is 24.6 Å². The van der Waals surface area contributed by atoms with Crippen LogP contribution >= 0.6 is 0 Å².